The van der Waals surface area contributed by atoms with Gasteiger partial charge in [-0.15, -0.1) is 0 Å². The molecule has 0 aliphatic rings. The topological polar surface area (TPSA) is 20.2 Å². The Morgan fingerprint density at radius 2 is 1.39 bits per heavy atom. The molecule has 0 saturated heterocycles. The monoisotopic (exact) mass is 256 g/mol. The number of halogens is 4. The average Bonchev–Trinajstić information content (AvgIpc) is 2.26. The van der Waals surface area contributed by atoms with Crippen molar-refractivity contribution in [2.45, 2.75) is 6.10 Å². The molecule has 1 nitrogen and oxygen atoms in total. The Balaban J connectivity index is 2.44. The molecule has 2 aromatic rings. The van der Waals surface area contributed by atoms with E-state index >= 15 is 0 Å². The van der Waals surface area contributed by atoms with Gasteiger partial charge in [0.1, 0.15) is 29.4 Å². The SMILES string of the molecule is OC(c1cc(F)cc(F)c1)c1ccc(F)cc1F. The summed E-state index contributed by atoms with van der Waals surface area (Å²) in [6.45, 7) is 0. The van der Waals surface area contributed by atoms with Gasteiger partial charge in [0, 0.05) is 17.7 Å². The minimum absolute atomic E-state index is 0.141. The summed E-state index contributed by atoms with van der Waals surface area (Å²) in [7, 11) is 0. The van der Waals surface area contributed by atoms with Crippen molar-refractivity contribution >= 4 is 0 Å². The molecular weight excluding hydrogens is 248 g/mol. The van der Waals surface area contributed by atoms with E-state index in [9.17, 15) is 22.7 Å². The van der Waals surface area contributed by atoms with Crippen LogP contribution in [0, 0.1) is 23.3 Å². The number of aliphatic hydroxyl groups is 1. The predicted molar refractivity (Wildman–Crippen MR) is 56.8 cm³/mol. The second-order valence-electron chi connectivity index (χ2n) is 3.77. The first kappa shape index (κ1) is 12.6. The summed E-state index contributed by atoms with van der Waals surface area (Å²) in [4.78, 5) is 0. The highest BCUT2D eigenvalue weighted by Crippen LogP contribution is 2.25. The van der Waals surface area contributed by atoms with Crippen LogP contribution >= 0.6 is 0 Å². The molecule has 0 aliphatic carbocycles. The van der Waals surface area contributed by atoms with E-state index < -0.39 is 29.4 Å². The van der Waals surface area contributed by atoms with Crippen molar-refractivity contribution < 1.29 is 22.7 Å². The Bertz CT molecular complexity index is 563. The molecule has 0 amide bonds. The van der Waals surface area contributed by atoms with Crippen LogP contribution in [-0.2, 0) is 0 Å². The zero-order valence-electron chi connectivity index (χ0n) is 9.00. The molecular formula is C13H8F4O. The lowest BCUT2D eigenvalue weighted by Crippen LogP contribution is -2.04. The van der Waals surface area contributed by atoms with Gasteiger partial charge >= 0.3 is 0 Å². The molecule has 0 bridgehead atoms. The molecule has 0 aliphatic heterocycles. The molecule has 94 valence electrons. The minimum atomic E-state index is -1.56. The van der Waals surface area contributed by atoms with E-state index in [2.05, 4.69) is 0 Å². The number of benzene rings is 2. The lowest BCUT2D eigenvalue weighted by molar-refractivity contribution is 0.213. The maximum Gasteiger partial charge on any atom is 0.132 e. The zero-order valence-corrected chi connectivity index (χ0v) is 9.00. The Labute approximate surface area is 100 Å². The van der Waals surface area contributed by atoms with Gasteiger partial charge in [-0.05, 0) is 23.8 Å². The fraction of sp³-hybridized carbons (Fsp3) is 0.0769. The third-order valence-corrected chi connectivity index (χ3v) is 2.46. The van der Waals surface area contributed by atoms with Crippen LogP contribution in [0.4, 0.5) is 17.6 Å². The van der Waals surface area contributed by atoms with Crippen LogP contribution in [0.25, 0.3) is 0 Å². The lowest BCUT2D eigenvalue weighted by Gasteiger charge is -2.12. The number of hydrogen-bond donors (Lipinski definition) is 1. The van der Waals surface area contributed by atoms with Crippen LogP contribution in [-0.4, -0.2) is 5.11 Å². The van der Waals surface area contributed by atoms with Crippen molar-refractivity contribution in [2.24, 2.45) is 0 Å². The third-order valence-electron chi connectivity index (χ3n) is 2.46. The van der Waals surface area contributed by atoms with Crippen LogP contribution < -0.4 is 0 Å². The van der Waals surface area contributed by atoms with Crippen LogP contribution in [0.3, 0.4) is 0 Å². The first-order valence-electron chi connectivity index (χ1n) is 5.06. The molecule has 0 aromatic heterocycles. The highest BCUT2D eigenvalue weighted by Gasteiger charge is 2.17. The fourth-order valence-corrected chi connectivity index (χ4v) is 1.64. The summed E-state index contributed by atoms with van der Waals surface area (Å²) >= 11 is 0. The molecule has 1 unspecified atom stereocenters. The van der Waals surface area contributed by atoms with Gasteiger partial charge in [-0.25, -0.2) is 17.6 Å². The Kier molecular flexibility index (Phi) is 3.34. The summed E-state index contributed by atoms with van der Waals surface area (Å²) in [5.74, 6) is -3.54. The molecule has 2 aromatic carbocycles. The van der Waals surface area contributed by atoms with Crippen LogP contribution in [0.2, 0.25) is 0 Å². The summed E-state index contributed by atoms with van der Waals surface area (Å²) in [6, 6.07) is 4.98. The average molecular weight is 256 g/mol. The van der Waals surface area contributed by atoms with E-state index in [-0.39, 0.29) is 11.1 Å². The van der Waals surface area contributed by atoms with E-state index in [1.165, 1.54) is 0 Å². The Morgan fingerprint density at radius 1 is 0.778 bits per heavy atom. The zero-order chi connectivity index (χ0) is 13.3. The minimum Gasteiger partial charge on any atom is -0.384 e. The number of hydrogen-bond acceptors (Lipinski definition) is 1. The van der Waals surface area contributed by atoms with Crippen LogP contribution in [0.15, 0.2) is 36.4 Å². The summed E-state index contributed by atoms with van der Waals surface area (Å²) in [5.41, 5.74) is -0.389. The maximum absolute atomic E-state index is 13.4. The normalized spacial score (nSPS) is 12.5. The Morgan fingerprint density at radius 3 is 1.94 bits per heavy atom. The first-order valence-corrected chi connectivity index (χ1v) is 5.06. The van der Waals surface area contributed by atoms with E-state index in [1.54, 1.807) is 0 Å². The highest BCUT2D eigenvalue weighted by molar-refractivity contribution is 5.31. The summed E-state index contributed by atoms with van der Waals surface area (Å²) in [5, 5.41) is 9.82. The van der Waals surface area contributed by atoms with Crippen molar-refractivity contribution in [2.75, 3.05) is 0 Å². The van der Waals surface area contributed by atoms with Crippen molar-refractivity contribution in [3.63, 3.8) is 0 Å². The van der Waals surface area contributed by atoms with Gasteiger partial charge in [0.25, 0.3) is 0 Å². The molecule has 0 saturated carbocycles. The molecule has 0 spiro atoms. The van der Waals surface area contributed by atoms with E-state index in [0.717, 1.165) is 24.3 Å². The third kappa shape index (κ3) is 2.51. The van der Waals surface area contributed by atoms with Crippen LogP contribution in [0.5, 0.6) is 0 Å². The molecule has 2 rings (SSSR count). The van der Waals surface area contributed by atoms with Gasteiger partial charge in [-0.1, -0.05) is 6.07 Å². The predicted octanol–water partition coefficient (Wildman–Crippen LogP) is 3.32. The molecule has 0 fully saturated rings. The molecule has 0 heterocycles. The Hall–Kier alpha value is -1.88. The lowest BCUT2D eigenvalue weighted by atomic mass is 10.0. The second-order valence-corrected chi connectivity index (χ2v) is 3.77. The fourth-order valence-electron chi connectivity index (χ4n) is 1.64. The van der Waals surface area contributed by atoms with Gasteiger partial charge in [0.05, 0.1) is 0 Å². The molecule has 0 radical (unpaired) electrons. The summed E-state index contributed by atoms with van der Waals surface area (Å²) < 4.78 is 52.0. The van der Waals surface area contributed by atoms with E-state index in [4.69, 9.17) is 0 Å². The van der Waals surface area contributed by atoms with Crippen molar-refractivity contribution in [3.8, 4) is 0 Å². The van der Waals surface area contributed by atoms with Crippen molar-refractivity contribution in [3.05, 3.63) is 70.8 Å². The quantitative estimate of drug-likeness (QED) is 0.817. The first-order chi connectivity index (χ1) is 8.47. The van der Waals surface area contributed by atoms with Gasteiger partial charge in [-0.2, -0.15) is 0 Å². The van der Waals surface area contributed by atoms with Crippen molar-refractivity contribution in [1.82, 2.24) is 0 Å². The molecule has 1 N–H and O–H groups in total. The van der Waals surface area contributed by atoms with E-state index in [1.807, 2.05) is 0 Å². The summed E-state index contributed by atoms with van der Waals surface area (Å²) in [6.07, 6.45) is -1.56. The van der Waals surface area contributed by atoms with Gasteiger partial charge in [-0.3, -0.25) is 0 Å². The van der Waals surface area contributed by atoms with Gasteiger partial charge in [0.2, 0.25) is 0 Å². The largest absolute Gasteiger partial charge is 0.384 e. The molecule has 5 heteroatoms. The van der Waals surface area contributed by atoms with Gasteiger partial charge < -0.3 is 5.11 Å². The van der Waals surface area contributed by atoms with Gasteiger partial charge in [0.15, 0.2) is 0 Å². The number of aliphatic hydroxyl groups excluding tert-OH is 1. The van der Waals surface area contributed by atoms with Crippen LogP contribution in [0.1, 0.15) is 17.2 Å². The van der Waals surface area contributed by atoms with Crippen molar-refractivity contribution in [1.29, 1.82) is 0 Å². The van der Waals surface area contributed by atoms with E-state index in [0.29, 0.717) is 12.1 Å². The standard InChI is InChI=1S/C13H8F4O/c14-8-1-2-11(12(17)6-8)13(18)7-3-9(15)5-10(16)4-7/h1-6,13,18H. The number of rotatable bonds is 2. The molecule has 1 atom stereocenters. The molecule has 18 heavy (non-hydrogen) atoms. The second kappa shape index (κ2) is 4.78. The smallest absolute Gasteiger partial charge is 0.132 e. The maximum atomic E-state index is 13.4. The highest BCUT2D eigenvalue weighted by atomic mass is 19.1.